The van der Waals surface area contributed by atoms with Crippen LogP contribution in [0.1, 0.15) is 5.56 Å². The van der Waals surface area contributed by atoms with Crippen molar-refractivity contribution in [1.29, 1.82) is 0 Å². The highest BCUT2D eigenvalue weighted by molar-refractivity contribution is 5.94. The van der Waals surface area contributed by atoms with E-state index in [1.165, 1.54) is 6.08 Å². The molecule has 2 aromatic rings. The number of carbonyl (C=O) groups excluding carboxylic acids is 2. The van der Waals surface area contributed by atoms with E-state index in [0.717, 1.165) is 5.69 Å². The van der Waals surface area contributed by atoms with Gasteiger partial charge >= 0.3 is 5.97 Å². The standard InChI is InChI=1S/C21H24N2O5/c1-23(2)17-8-6-16(7-9-17)22-20(24)14-28-21(25)10-5-15-11-18(26-3)13-19(12-15)27-4/h5-13H,14H2,1-4H3,(H,22,24)/b10-5+. The van der Waals surface area contributed by atoms with Gasteiger partial charge in [-0.25, -0.2) is 4.79 Å². The molecule has 1 amide bonds. The SMILES string of the molecule is COc1cc(/C=C/C(=O)OCC(=O)Nc2ccc(N(C)C)cc2)cc(OC)c1. The number of methoxy groups -OCH3 is 2. The largest absolute Gasteiger partial charge is 0.497 e. The fourth-order valence-corrected chi connectivity index (χ4v) is 2.31. The number of hydrogen-bond acceptors (Lipinski definition) is 6. The molecule has 0 saturated heterocycles. The Kier molecular flexibility index (Phi) is 7.45. The molecule has 0 aliphatic heterocycles. The van der Waals surface area contributed by atoms with Crippen LogP contribution in [0.2, 0.25) is 0 Å². The normalized spacial score (nSPS) is 10.4. The van der Waals surface area contributed by atoms with Crippen LogP contribution in [0.3, 0.4) is 0 Å². The van der Waals surface area contributed by atoms with E-state index in [0.29, 0.717) is 22.7 Å². The molecule has 0 aromatic heterocycles. The van der Waals surface area contributed by atoms with E-state index in [4.69, 9.17) is 14.2 Å². The number of benzene rings is 2. The summed E-state index contributed by atoms with van der Waals surface area (Å²) in [4.78, 5) is 25.7. The molecule has 0 unspecified atom stereocenters. The molecule has 0 heterocycles. The van der Waals surface area contributed by atoms with Crippen molar-refractivity contribution in [3.63, 3.8) is 0 Å². The van der Waals surface area contributed by atoms with Gasteiger partial charge in [-0.2, -0.15) is 0 Å². The summed E-state index contributed by atoms with van der Waals surface area (Å²) < 4.78 is 15.3. The lowest BCUT2D eigenvalue weighted by molar-refractivity contribution is -0.142. The third-order valence-corrected chi connectivity index (χ3v) is 3.80. The number of amides is 1. The predicted molar refractivity (Wildman–Crippen MR) is 109 cm³/mol. The number of hydrogen-bond donors (Lipinski definition) is 1. The monoisotopic (exact) mass is 384 g/mol. The summed E-state index contributed by atoms with van der Waals surface area (Å²) in [5.74, 6) is 0.168. The summed E-state index contributed by atoms with van der Waals surface area (Å²) in [5, 5.41) is 2.68. The third kappa shape index (κ3) is 6.35. The van der Waals surface area contributed by atoms with Gasteiger partial charge in [0, 0.05) is 37.6 Å². The second-order valence-electron chi connectivity index (χ2n) is 6.08. The van der Waals surface area contributed by atoms with E-state index in [2.05, 4.69) is 5.32 Å². The molecule has 0 atom stereocenters. The smallest absolute Gasteiger partial charge is 0.331 e. The van der Waals surface area contributed by atoms with Crippen LogP contribution in [0.4, 0.5) is 11.4 Å². The molecule has 2 aromatic carbocycles. The van der Waals surface area contributed by atoms with Gasteiger partial charge in [0.1, 0.15) is 11.5 Å². The van der Waals surface area contributed by atoms with Gasteiger partial charge in [-0.05, 0) is 48.0 Å². The highest BCUT2D eigenvalue weighted by Gasteiger charge is 2.07. The van der Waals surface area contributed by atoms with Crippen LogP contribution in [0.5, 0.6) is 11.5 Å². The fourth-order valence-electron chi connectivity index (χ4n) is 2.31. The molecular weight excluding hydrogens is 360 g/mol. The van der Waals surface area contributed by atoms with Crippen LogP contribution in [-0.2, 0) is 14.3 Å². The minimum atomic E-state index is -0.625. The van der Waals surface area contributed by atoms with Crippen molar-refractivity contribution in [2.45, 2.75) is 0 Å². The first-order chi connectivity index (χ1) is 13.4. The lowest BCUT2D eigenvalue weighted by atomic mass is 10.2. The maximum atomic E-state index is 11.9. The van der Waals surface area contributed by atoms with Gasteiger partial charge in [-0.1, -0.05) is 0 Å². The molecule has 0 radical (unpaired) electrons. The quantitative estimate of drug-likeness (QED) is 0.557. The zero-order chi connectivity index (χ0) is 20.5. The maximum Gasteiger partial charge on any atom is 0.331 e. The predicted octanol–water partition coefficient (Wildman–Crippen LogP) is 2.96. The zero-order valence-electron chi connectivity index (χ0n) is 16.4. The van der Waals surface area contributed by atoms with Crippen molar-refractivity contribution in [3.05, 3.63) is 54.1 Å². The van der Waals surface area contributed by atoms with E-state index >= 15 is 0 Å². The first-order valence-electron chi connectivity index (χ1n) is 8.56. The molecule has 1 N–H and O–H groups in total. The van der Waals surface area contributed by atoms with Gasteiger partial charge in [0.25, 0.3) is 5.91 Å². The highest BCUT2D eigenvalue weighted by atomic mass is 16.5. The van der Waals surface area contributed by atoms with Crippen molar-refractivity contribution >= 4 is 29.3 Å². The van der Waals surface area contributed by atoms with Crippen LogP contribution in [0.25, 0.3) is 6.08 Å². The summed E-state index contributed by atoms with van der Waals surface area (Å²) in [6.45, 7) is -0.375. The summed E-state index contributed by atoms with van der Waals surface area (Å²) in [6, 6.07) is 12.5. The van der Waals surface area contributed by atoms with E-state index in [9.17, 15) is 9.59 Å². The van der Waals surface area contributed by atoms with Crippen LogP contribution >= 0.6 is 0 Å². The number of nitrogens with one attached hydrogen (secondary N) is 1. The number of nitrogens with zero attached hydrogens (tertiary/aromatic N) is 1. The Labute approximate surface area is 164 Å². The molecule has 0 aliphatic carbocycles. The Morgan fingerprint density at radius 1 is 1.00 bits per heavy atom. The first kappa shape index (κ1) is 20.8. The summed E-state index contributed by atoms with van der Waals surface area (Å²) in [5.41, 5.74) is 2.35. The second-order valence-corrected chi connectivity index (χ2v) is 6.08. The van der Waals surface area contributed by atoms with Crippen molar-refractivity contribution in [1.82, 2.24) is 0 Å². The molecule has 7 nitrogen and oxygen atoms in total. The number of anilines is 2. The Morgan fingerprint density at radius 2 is 1.61 bits per heavy atom. The maximum absolute atomic E-state index is 11.9. The van der Waals surface area contributed by atoms with Crippen molar-refractivity contribution < 1.29 is 23.8 Å². The average molecular weight is 384 g/mol. The molecule has 28 heavy (non-hydrogen) atoms. The van der Waals surface area contributed by atoms with Gasteiger partial charge in [0.15, 0.2) is 6.61 Å². The number of ether oxygens (including phenoxy) is 3. The topological polar surface area (TPSA) is 77.1 Å². The van der Waals surface area contributed by atoms with Crippen LogP contribution < -0.4 is 19.7 Å². The zero-order valence-corrected chi connectivity index (χ0v) is 16.4. The van der Waals surface area contributed by atoms with Gasteiger partial charge < -0.3 is 24.4 Å². The minimum absolute atomic E-state index is 0.375. The van der Waals surface area contributed by atoms with Crippen LogP contribution in [0, 0.1) is 0 Å². The lowest BCUT2D eigenvalue weighted by Gasteiger charge is -2.13. The van der Waals surface area contributed by atoms with Gasteiger partial charge in [-0.3, -0.25) is 4.79 Å². The second kappa shape index (κ2) is 10.0. The van der Waals surface area contributed by atoms with Crippen LogP contribution in [-0.4, -0.2) is 46.8 Å². The molecule has 7 heteroatoms. The van der Waals surface area contributed by atoms with E-state index in [-0.39, 0.29) is 6.61 Å². The number of rotatable bonds is 8. The Balaban J connectivity index is 1.86. The Bertz CT molecular complexity index is 822. The Morgan fingerprint density at radius 3 is 2.14 bits per heavy atom. The highest BCUT2D eigenvalue weighted by Crippen LogP contribution is 2.23. The third-order valence-electron chi connectivity index (χ3n) is 3.80. The van der Waals surface area contributed by atoms with E-state index in [1.807, 2.05) is 31.1 Å². The molecule has 0 fully saturated rings. The molecule has 148 valence electrons. The molecule has 0 aliphatic rings. The average Bonchev–Trinajstić information content (AvgIpc) is 2.70. The van der Waals surface area contributed by atoms with E-state index < -0.39 is 11.9 Å². The molecule has 0 saturated carbocycles. The van der Waals surface area contributed by atoms with E-state index in [1.54, 1.807) is 50.6 Å². The summed E-state index contributed by atoms with van der Waals surface area (Å²) in [7, 11) is 6.96. The summed E-state index contributed by atoms with van der Waals surface area (Å²) >= 11 is 0. The Hall–Kier alpha value is -3.48. The van der Waals surface area contributed by atoms with Gasteiger partial charge in [0.2, 0.25) is 0 Å². The number of esters is 1. The van der Waals surface area contributed by atoms with Gasteiger partial charge in [0.05, 0.1) is 14.2 Å². The molecule has 2 rings (SSSR count). The minimum Gasteiger partial charge on any atom is -0.497 e. The van der Waals surface area contributed by atoms with Crippen molar-refractivity contribution in [3.8, 4) is 11.5 Å². The van der Waals surface area contributed by atoms with Crippen LogP contribution in [0.15, 0.2) is 48.5 Å². The fraction of sp³-hybridized carbons (Fsp3) is 0.238. The summed E-state index contributed by atoms with van der Waals surface area (Å²) in [6.07, 6.45) is 2.80. The van der Waals surface area contributed by atoms with Crippen molar-refractivity contribution in [2.75, 3.05) is 45.1 Å². The molecule has 0 bridgehead atoms. The number of carbonyl (C=O) groups is 2. The molecular formula is C21H24N2O5. The van der Waals surface area contributed by atoms with Crippen molar-refractivity contribution in [2.24, 2.45) is 0 Å². The van der Waals surface area contributed by atoms with Gasteiger partial charge in [-0.15, -0.1) is 0 Å². The lowest BCUT2D eigenvalue weighted by Crippen LogP contribution is -2.20. The molecule has 0 spiro atoms. The first-order valence-corrected chi connectivity index (χ1v) is 8.56.